The van der Waals surface area contributed by atoms with Crippen molar-refractivity contribution >= 4 is 11.7 Å². The molecular formula is C21H21N3O3. The van der Waals surface area contributed by atoms with Crippen LogP contribution in [0.25, 0.3) is 5.69 Å². The van der Waals surface area contributed by atoms with E-state index in [1.165, 1.54) is 0 Å². The Morgan fingerprint density at radius 2 is 1.93 bits per heavy atom. The van der Waals surface area contributed by atoms with Gasteiger partial charge in [-0.2, -0.15) is 5.10 Å². The van der Waals surface area contributed by atoms with Gasteiger partial charge in [-0.25, -0.2) is 4.68 Å². The van der Waals surface area contributed by atoms with Gasteiger partial charge in [-0.3, -0.25) is 4.79 Å². The Kier molecular flexibility index (Phi) is 4.32. The number of hydrogen-bond acceptors (Lipinski definition) is 4. The molecule has 0 radical (unpaired) electrons. The Balaban J connectivity index is 1.84. The van der Waals surface area contributed by atoms with Gasteiger partial charge in [-0.1, -0.05) is 24.3 Å². The highest BCUT2D eigenvalue weighted by molar-refractivity contribution is 5.94. The number of anilines is 1. The highest BCUT2D eigenvalue weighted by atomic mass is 16.5. The molecule has 2 heterocycles. The fourth-order valence-corrected chi connectivity index (χ4v) is 3.59. The van der Waals surface area contributed by atoms with Crippen molar-refractivity contribution in [3.8, 4) is 17.2 Å². The lowest BCUT2D eigenvalue weighted by Crippen LogP contribution is -2.25. The summed E-state index contributed by atoms with van der Waals surface area (Å²) in [5, 5.41) is 7.55. The zero-order chi connectivity index (χ0) is 19.0. The molecule has 27 heavy (non-hydrogen) atoms. The van der Waals surface area contributed by atoms with Crippen LogP contribution < -0.4 is 14.8 Å². The second-order valence-corrected chi connectivity index (χ2v) is 6.56. The van der Waals surface area contributed by atoms with Gasteiger partial charge in [0, 0.05) is 29.5 Å². The summed E-state index contributed by atoms with van der Waals surface area (Å²) in [6.45, 7) is 2.03. The molecule has 1 unspecified atom stereocenters. The van der Waals surface area contributed by atoms with E-state index in [-0.39, 0.29) is 11.8 Å². The van der Waals surface area contributed by atoms with Crippen molar-refractivity contribution in [3.63, 3.8) is 0 Å². The molecule has 1 aromatic heterocycles. The highest BCUT2D eigenvalue weighted by Gasteiger charge is 2.32. The van der Waals surface area contributed by atoms with Gasteiger partial charge in [0.05, 0.1) is 26.1 Å². The Morgan fingerprint density at radius 1 is 1.11 bits per heavy atom. The van der Waals surface area contributed by atoms with Gasteiger partial charge in [-0.05, 0) is 24.6 Å². The summed E-state index contributed by atoms with van der Waals surface area (Å²) in [5.74, 6) is 1.95. The van der Waals surface area contributed by atoms with Crippen molar-refractivity contribution in [2.75, 3.05) is 19.5 Å². The smallest absolute Gasteiger partial charge is 0.226 e. The van der Waals surface area contributed by atoms with Crippen molar-refractivity contribution < 1.29 is 14.3 Å². The van der Waals surface area contributed by atoms with Gasteiger partial charge < -0.3 is 14.8 Å². The first-order valence-corrected chi connectivity index (χ1v) is 8.78. The maximum Gasteiger partial charge on any atom is 0.226 e. The lowest BCUT2D eigenvalue weighted by Gasteiger charge is -2.25. The van der Waals surface area contributed by atoms with Crippen LogP contribution in [0.5, 0.6) is 11.5 Å². The third-order valence-electron chi connectivity index (χ3n) is 4.98. The van der Waals surface area contributed by atoms with Crippen molar-refractivity contribution in [3.05, 3.63) is 65.4 Å². The Morgan fingerprint density at radius 3 is 2.67 bits per heavy atom. The van der Waals surface area contributed by atoms with Gasteiger partial charge in [0.1, 0.15) is 17.3 Å². The summed E-state index contributed by atoms with van der Waals surface area (Å²) >= 11 is 0. The van der Waals surface area contributed by atoms with Crippen LogP contribution in [0.1, 0.15) is 29.0 Å². The van der Waals surface area contributed by atoms with Crippen LogP contribution in [0, 0.1) is 6.92 Å². The van der Waals surface area contributed by atoms with Crippen molar-refractivity contribution in [1.82, 2.24) is 9.78 Å². The molecule has 1 aliphatic heterocycles. The van der Waals surface area contributed by atoms with E-state index in [1.807, 2.05) is 55.6 Å². The molecule has 1 N–H and O–H groups in total. The number of carbonyl (C=O) groups is 1. The monoisotopic (exact) mass is 363 g/mol. The van der Waals surface area contributed by atoms with Crippen LogP contribution in [-0.4, -0.2) is 29.9 Å². The maximum atomic E-state index is 12.5. The molecule has 4 rings (SSSR count). The minimum atomic E-state index is -0.132. The topological polar surface area (TPSA) is 65.4 Å². The van der Waals surface area contributed by atoms with Crippen LogP contribution in [0.4, 0.5) is 5.82 Å². The van der Waals surface area contributed by atoms with Crippen LogP contribution in [0.3, 0.4) is 0 Å². The Hall–Kier alpha value is -3.28. The number of fused-ring (bicyclic) bond motifs is 1. The molecule has 1 atom stereocenters. The molecule has 1 aliphatic rings. The predicted octanol–water partition coefficient (Wildman–Crippen LogP) is 3.67. The molecule has 3 aromatic rings. The molecule has 0 fully saturated rings. The number of nitrogens with zero attached hydrogens (tertiary/aromatic N) is 2. The van der Waals surface area contributed by atoms with E-state index in [0.717, 1.165) is 22.4 Å². The van der Waals surface area contributed by atoms with Crippen molar-refractivity contribution in [1.29, 1.82) is 0 Å². The average molecular weight is 363 g/mol. The molecule has 0 aliphatic carbocycles. The first-order chi connectivity index (χ1) is 13.1. The maximum absolute atomic E-state index is 12.5. The normalized spacial score (nSPS) is 15.8. The fraction of sp³-hybridized carbons (Fsp3) is 0.238. The molecule has 0 bridgehead atoms. The minimum Gasteiger partial charge on any atom is -0.497 e. The first-order valence-electron chi connectivity index (χ1n) is 8.78. The summed E-state index contributed by atoms with van der Waals surface area (Å²) < 4.78 is 12.6. The zero-order valence-electron chi connectivity index (χ0n) is 15.5. The van der Waals surface area contributed by atoms with Crippen molar-refractivity contribution in [2.24, 2.45) is 0 Å². The summed E-state index contributed by atoms with van der Waals surface area (Å²) in [6.07, 6.45) is 2.17. The number of amides is 1. The molecule has 0 spiro atoms. The van der Waals surface area contributed by atoms with Gasteiger partial charge in [0.25, 0.3) is 0 Å². The van der Waals surface area contributed by atoms with Crippen molar-refractivity contribution in [2.45, 2.75) is 19.3 Å². The van der Waals surface area contributed by atoms with Crippen LogP contribution >= 0.6 is 0 Å². The third kappa shape index (κ3) is 2.93. The number of methoxy groups -OCH3 is 2. The second kappa shape index (κ2) is 6.79. The van der Waals surface area contributed by atoms with Gasteiger partial charge >= 0.3 is 0 Å². The molecule has 0 saturated heterocycles. The summed E-state index contributed by atoms with van der Waals surface area (Å²) in [5.41, 5.74) is 3.95. The van der Waals surface area contributed by atoms with E-state index in [2.05, 4.69) is 10.4 Å². The summed E-state index contributed by atoms with van der Waals surface area (Å²) in [4.78, 5) is 12.5. The molecule has 0 saturated carbocycles. The van der Waals surface area contributed by atoms with Crippen LogP contribution in [0.15, 0.2) is 48.7 Å². The number of aromatic nitrogens is 2. The number of nitrogens with one attached hydrogen (secondary N) is 1. The van der Waals surface area contributed by atoms with Crippen LogP contribution in [-0.2, 0) is 4.79 Å². The quantitative estimate of drug-likeness (QED) is 0.768. The number of hydrogen-bond donors (Lipinski definition) is 1. The van der Waals surface area contributed by atoms with E-state index in [0.29, 0.717) is 23.7 Å². The van der Waals surface area contributed by atoms with E-state index < -0.39 is 0 Å². The average Bonchev–Trinajstić information content (AvgIpc) is 3.10. The summed E-state index contributed by atoms with van der Waals surface area (Å²) in [6, 6.07) is 13.6. The van der Waals surface area contributed by atoms with E-state index in [9.17, 15) is 4.79 Å². The number of benzene rings is 2. The van der Waals surface area contributed by atoms with E-state index >= 15 is 0 Å². The van der Waals surface area contributed by atoms with Gasteiger partial charge in [0.15, 0.2) is 0 Å². The number of ether oxygens (including phenoxy) is 2. The molecule has 138 valence electrons. The number of rotatable bonds is 4. The predicted molar refractivity (Wildman–Crippen MR) is 103 cm³/mol. The molecule has 6 nitrogen and oxygen atoms in total. The lowest BCUT2D eigenvalue weighted by atomic mass is 9.86. The van der Waals surface area contributed by atoms with E-state index in [1.54, 1.807) is 18.9 Å². The van der Waals surface area contributed by atoms with Gasteiger partial charge in [0.2, 0.25) is 5.91 Å². The third-order valence-corrected chi connectivity index (χ3v) is 4.98. The molecular weight excluding hydrogens is 342 g/mol. The zero-order valence-corrected chi connectivity index (χ0v) is 15.5. The Labute approximate surface area is 157 Å². The minimum absolute atomic E-state index is 0.0410. The SMILES string of the molecule is COc1ccc(C2CC(=O)Nc3c2cnn3-c2ccccc2C)c(OC)c1. The number of para-hydroxylation sites is 1. The highest BCUT2D eigenvalue weighted by Crippen LogP contribution is 2.42. The summed E-state index contributed by atoms with van der Waals surface area (Å²) in [7, 11) is 3.24. The molecule has 6 heteroatoms. The standard InChI is InChI=1S/C21H21N3O3/c1-13-6-4-5-7-18(13)24-21-17(12-22-24)16(11-20(25)23-21)15-9-8-14(26-2)10-19(15)27-3/h4-10,12,16H,11H2,1-3H3,(H,23,25). The number of carbonyl (C=O) groups excluding carboxylic acids is 1. The van der Waals surface area contributed by atoms with Crippen LogP contribution in [0.2, 0.25) is 0 Å². The van der Waals surface area contributed by atoms with E-state index in [4.69, 9.17) is 9.47 Å². The first kappa shape index (κ1) is 17.1. The molecule has 2 aromatic carbocycles. The largest absolute Gasteiger partial charge is 0.497 e. The van der Waals surface area contributed by atoms with Gasteiger partial charge in [-0.15, -0.1) is 0 Å². The second-order valence-electron chi connectivity index (χ2n) is 6.56. The fourth-order valence-electron chi connectivity index (χ4n) is 3.59. The molecule has 1 amide bonds. The Bertz CT molecular complexity index is 1010. The number of aryl methyl sites for hydroxylation is 1. The lowest BCUT2D eigenvalue weighted by molar-refractivity contribution is -0.116.